The Morgan fingerprint density at radius 3 is 2.82 bits per heavy atom. The predicted octanol–water partition coefficient (Wildman–Crippen LogP) is 2.47. The van der Waals surface area contributed by atoms with E-state index in [1.54, 1.807) is 0 Å². The highest BCUT2D eigenvalue weighted by atomic mass is 16.2. The molecule has 3 rings (SSSR count). The van der Waals surface area contributed by atoms with Crippen LogP contribution in [-0.4, -0.2) is 31.7 Å². The van der Waals surface area contributed by atoms with Crippen molar-refractivity contribution < 1.29 is 4.79 Å². The SMILES string of the molecule is CCc1c(C)nn(CC(=O)N2CCn3cccc3[C@@H]2C)c1C. The Hall–Kier alpha value is -2.04. The maximum atomic E-state index is 12.7. The maximum Gasteiger partial charge on any atom is 0.244 e. The molecule has 0 unspecified atom stereocenters. The van der Waals surface area contributed by atoms with E-state index in [9.17, 15) is 4.79 Å². The van der Waals surface area contributed by atoms with E-state index in [0.29, 0.717) is 6.54 Å². The Labute approximate surface area is 131 Å². The smallest absolute Gasteiger partial charge is 0.244 e. The molecule has 0 aliphatic carbocycles. The number of carbonyl (C=O) groups excluding carboxylic acids is 1. The van der Waals surface area contributed by atoms with Crippen LogP contribution in [0.1, 0.15) is 42.5 Å². The number of nitrogens with zero attached hydrogens (tertiary/aromatic N) is 4. The van der Waals surface area contributed by atoms with Crippen LogP contribution in [0, 0.1) is 13.8 Å². The zero-order valence-electron chi connectivity index (χ0n) is 13.8. The number of fused-ring (bicyclic) bond motifs is 1. The minimum atomic E-state index is 0.124. The lowest BCUT2D eigenvalue weighted by Crippen LogP contribution is -2.42. The summed E-state index contributed by atoms with van der Waals surface area (Å²) in [6, 6.07) is 4.27. The van der Waals surface area contributed by atoms with E-state index >= 15 is 0 Å². The van der Waals surface area contributed by atoms with Gasteiger partial charge in [0.25, 0.3) is 0 Å². The Balaban J connectivity index is 1.78. The van der Waals surface area contributed by atoms with Crippen molar-refractivity contribution in [2.24, 2.45) is 0 Å². The third-order valence-electron chi connectivity index (χ3n) is 4.83. The van der Waals surface area contributed by atoms with Crippen LogP contribution in [0.5, 0.6) is 0 Å². The summed E-state index contributed by atoms with van der Waals surface area (Å²) in [5.74, 6) is 0.146. The summed E-state index contributed by atoms with van der Waals surface area (Å²) >= 11 is 0. The fraction of sp³-hybridized carbons (Fsp3) is 0.529. The third-order valence-corrected chi connectivity index (χ3v) is 4.83. The first-order valence-electron chi connectivity index (χ1n) is 8.00. The molecule has 3 heterocycles. The molecule has 5 heteroatoms. The third kappa shape index (κ3) is 2.34. The fourth-order valence-corrected chi connectivity index (χ4v) is 3.54. The summed E-state index contributed by atoms with van der Waals surface area (Å²) in [6.07, 6.45) is 3.04. The molecule has 22 heavy (non-hydrogen) atoms. The zero-order chi connectivity index (χ0) is 15.9. The molecule has 118 valence electrons. The van der Waals surface area contributed by atoms with E-state index in [-0.39, 0.29) is 11.9 Å². The average molecular weight is 300 g/mol. The van der Waals surface area contributed by atoms with Crippen molar-refractivity contribution in [3.05, 3.63) is 41.0 Å². The molecule has 0 radical (unpaired) electrons. The Morgan fingerprint density at radius 1 is 1.36 bits per heavy atom. The standard InChI is InChI=1S/C17H24N4O/c1-5-15-12(2)18-21(13(15)3)11-17(22)20-10-9-19-8-6-7-16(19)14(20)4/h6-8,14H,5,9-11H2,1-4H3/t14-/m0/s1. The van der Waals surface area contributed by atoms with Crippen molar-refractivity contribution in [3.8, 4) is 0 Å². The van der Waals surface area contributed by atoms with Gasteiger partial charge >= 0.3 is 0 Å². The molecule has 1 aliphatic rings. The van der Waals surface area contributed by atoms with Gasteiger partial charge in [-0.2, -0.15) is 5.10 Å². The van der Waals surface area contributed by atoms with Crippen LogP contribution >= 0.6 is 0 Å². The molecule has 5 nitrogen and oxygen atoms in total. The minimum absolute atomic E-state index is 0.124. The van der Waals surface area contributed by atoms with Crippen LogP contribution in [0.2, 0.25) is 0 Å². The van der Waals surface area contributed by atoms with Crippen LogP contribution < -0.4 is 0 Å². The van der Waals surface area contributed by atoms with Gasteiger partial charge < -0.3 is 9.47 Å². The molecule has 1 atom stereocenters. The number of hydrogen-bond acceptors (Lipinski definition) is 2. The first-order chi connectivity index (χ1) is 10.5. The monoisotopic (exact) mass is 300 g/mol. The summed E-state index contributed by atoms with van der Waals surface area (Å²) in [4.78, 5) is 14.7. The van der Waals surface area contributed by atoms with Crippen molar-refractivity contribution in [2.45, 2.75) is 53.2 Å². The van der Waals surface area contributed by atoms with E-state index < -0.39 is 0 Å². The second-order valence-corrected chi connectivity index (χ2v) is 6.05. The Bertz CT molecular complexity index is 698. The lowest BCUT2D eigenvalue weighted by molar-refractivity contribution is -0.135. The van der Waals surface area contributed by atoms with Crippen LogP contribution in [-0.2, 0) is 24.3 Å². The quantitative estimate of drug-likeness (QED) is 0.874. The molecular formula is C17H24N4O. The Kier molecular flexibility index (Phi) is 3.81. The van der Waals surface area contributed by atoms with Crippen LogP contribution in [0.4, 0.5) is 0 Å². The predicted molar refractivity (Wildman–Crippen MR) is 85.6 cm³/mol. The summed E-state index contributed by atoms with van der Waals surface area (Å²) in [5.41, 5.74) is 4.62. The lowest BCUT2D eigenvalue weighted by Gasteiger charge is -2.35. The summed E-state index contributed by atoms with van der Waals surface area (Å²) in [5, 5.41) is 4.54. The first kappa shape index (κ1) is 14.9. The molecule has 0 fully saturated rings. The van der Waals surface area contributed by atoms with Crippen molar-refractivity contribution in [1.82, 2.24) is 19.2 Å². The fourth-order valence-electron chi connectivity index (χ4n) is 3.54. The lowest BCUT2D eigenvalue weighted by atomic mass is 10.1. The number of aromatic nitrogens is 3. The second kappa shape index (κ2) is 5.63. The number of aryl methyl sites for hydroxylation is 1. The number of carbonyl (C=O) groups is 1. The van der Waals surface area contributed by atoms with Crippen LogP contribution in [0.15, 0.2) is 18.3 Å². The molecular weight excluding hydrogens is 276 g/mol. The second-order valence-electron chi connectivity index (χ2n) is 6.05. The molecule has 2 aromatic heterocycles. The number of rotatable bonds is 3. The molecule has 1 aliphatic heterocycles. The highest BCUT2D eigenvalue weighted by molar-refractivity contribution is 5.76. The van der Waals surface area contributed by atoms with Crippen molar-refractivity contribution >= 4 is 5.91 Å². The van der Waals surface area contributed by atoms with Crippen LogP contribution in [0.3, 0.4) is 0 Å². The molecule has 0 saturated heterocycles. The summed E-state index contributed by atoms with van der Waals surface area (Å²) in [7, 11) is 0. The number of hydrogen-bond donors (Lipinski definition) is 0. The van der Waals surface area contributed by atoms with Gasteiger partial charge in [0, 0.05) is 30.7 Å². The Morgan fingerprint density at radius 2 is 2.14 bits per heavy atom. The normalized spacial score (nSPS) is 17.6. The van der Waals surface area contributed by atoms with Gasteiger partial charge in [0.15, 0.2) is 0 Å². The van der Waals surface area contributed by atoms with Gasteiger partial charge in [0.1, 0.15) is 6.54 Å². The van der Waals surface area contributed by atoms with Crippen molar-refractivity contribution in [1.29, 1.82) is 0 Å². The van der Waals surface area contributed by atoms with Gasteiger partial charge in [0.05, 0.1) is 11.7 Å². The highest BCUT2D eigenvalue weighted by Gasteiger charge is 2.28. The average Bonchev–Trinajstić information content (AvgIpc) is 3.05. The van der Waals surface area contributed by atoms with E-state index in [2.05, 4.69) is 42.7 Å². The van der Waals surface area contributed by atoms with E-state index in [1.165, 1.54) is 11.3 Å². The van der Waals surface area contributed by atoms with Gasteiger partial charge in [-0.1, -0.05) is 6.92 Å². The van der Waals surface area contributed by atoms with Gasteiger partial charge in [0.2, 0.25) is 5.91 Å². The minimum Gasteiger partial charge on any atom is -0.348 e. The highest BCUT2D eigenvalue weighted by Crippen LogP contribution is 2.25. The largest absolute Gasteiger partial charge is 0.348 e. The van der Waals surface area contributed by atoms with Crippen LogP contribution in [0.25, 0.3) is 0 Å². The zero-order valence-corrected chi connectivity index (χ0v) is 13.8. The molecule has 0 N–H and O–H groups in total. The van der Waals surface area contributed by atoms with Crippen molar-refractivity contribution in [2.75, 3.05) is 6.54 Å². The van der Waals surface area contributed by atoms with E-state index in [0.717, 1.165) is 30.9 Å². The molecule has 0 saturated carbocycles. The molecule has 2 aromatic rings. The van der Waals surface area contributed by atoms with Gasteiger partial charge in [-0.3, -0.25) is 9.48 Å². The van der Waals surface area contributed by atoms with E-state index in [1.807, 2.05) is 22.6 Å². The molecule has 1 amide bonds. The molecule has 0 spiro atoms. The summed E-state index contributed by atoms with van der Waals surface area (Å²) in [6.45, 7) is 10.3. The van der Waals surface area contributed by atoms with Crippen molar-refractivity contribution in [3.63, 3.8) is 0 Å². The summed E-state index contributed by atoms with van der Waals surface area (Å²) < 4.78 is 4.09. The molecule has 0 aromatic carbocycles. The maximum absolute atomic E-state index is 12.7. The van der Waals surface area contributed by atoms with Gasteiger partial charge in [-0.15, -0.1) is 0 Å². The first-order valence-corrected chi connectivity index (χ1v) is 8.00. The van der Waals surface area contributed by atoms with Gasteiger partial charge in [-0.25, -0.2) is 0 Å². The molecule has 0 bridgehead atoms. The number of amides is 1. The van der Waals surface area contributed by atoms with Gasteiger partial charge in [-0.05, 0) is 44.9 Å². The topological polar surface area (TPSA) is 43.1 Å². The van der Waals surface area contributed by atoms with E-state index in [4.69, 9.17) is 0 Å².